The van der Waals surface area contributed by atoms with Crippen molar-refractivity contribution in [1.29, 1.82) is 0 Å². The van der Waals surface area contributed by atoms with Crippen LogP contribution in [0.25, 0.3) is 0 Å². The zero-order valence-corrected chi connectivity index (χ0v) is 9.46. The third-order valence-electron chi connectivity index (χ3n) is 3.48. The van der Waals surface area contributed by atoms with Crippen LogP contribution in [0.5, 0.6) is 0 Å². The van der Waals surface area contributed by atoms with Gasteiger partial charge in [-0.3, -0.25) is 9.69 Å². The average molecular weight is 211 g/mol. The number of likely N-dealkylation sites (tertiary alicyclic amines) is 1. The van der Waals surface area contributed by atoms with Gasteiger partial charge in [-0.2, -0.15) is 0 Å². The van der Waals surface area contributed by atoms with E-state index in [9.17, 15) is 4.79 Å². The molecule has 2 N–H and O–H groups in total. The largest absolute Gasteiger partial charge is 0.355 e. The van der Waals surface area contributed by atoms with Crippen LogP contribution in [0.3, 0.4) is 0 Å². The molecule has 0 bridgehead atoms. The molecule has 0 aromatic carbocycles. The molecule has 0 saturated carbocycles. The fourth-order valence-corrected chi connectivity index (χ4v) is 2.71. The lowest BCUT2D eigenvalue weighted by molar-refractivity contribution is -0.119. The summed E-state index contributed by atoms with van der Waals surface area (Å²) in [5, 5.41) is 6.43. The highest BCUT2D eigenvalue weighted by Crippen LogP contribution is 2.24. The fraction of sp³-hybridized carbons (Fsp3) is 0.909. The molecule has 0 radical (unpaired) electrons. The minimum absolute atomic E-state index is 0.0738. The lowest BCUT2D eigenvalue weighted by Gasteiger charge is -2.24. The molecule has 2 aliphatic rings. The number of piperidine rings is 1. The lowest BCUT2D eigenvalue weighted by Crippen LogP contribution is -2.41. The number of amides is 1. The van der Waals surface area contributed by atoms with Crippen LogP contribution < -0.4 is 10.6 Å². The van der Waals surface area contributed by atoms with E-state index in [4.69, 9.17) is 0 Å². The van der Waals surface area contributed by atoms with E-state index < -0.39 is 0 Å². The molecule has 1 amide bonds. The summed E-state index contributed by atoms with van der Waals surface area (Å²) in [7, 11) is 0. The van der Waals surface area contributed by atoms with E-state index >= 15 is 0 Å². The van der Waals surface area contributed by atoms with Crippen LogP contribution in [0.4, 0.5) is 0 Å². The van der Waals surface area contributed by atoms with E-state index in [1.165, 1.54) is 25.9 Å². The van der Waals surface area contributed by atoms with Gasteiger partial charge in [-0.15, -0.1) is 0 Å². The quantitative estimate of drug-likeness (QED) is 0.680. The van der Waals surface area contributed by atoms with Crippen molar-refractivity contribution in [3.8, 4) is 0 Å². The maximum atomic E-state index is 10.7. The van der Waals surface area contributed by atoms with Crippen LogP contribution in [0.1, 0.15) is 19.8 Å². The Morgan fingerprint density at radius 1 is 1.53 bits per heavy atom. The van der Waals surface area contributed by atoms with Crippen LogP contribution >= 0.6 is 0 Å². The predicted octanol–water partition coefficient (Wildman–Crippen LogP) is -0.194. The first kappa shape index (κ1) is 10.9. The van der Waals surface area contributed by atoms with Crippen LogP contribution in [-0.2, 0) is 4.79 Å². The van der Waals surface area contributed by atoms with Crippen molar-refractivity contribution in [1.82, 2.24) is 15.5 Å². The van der Waals surface area contributed by atoms with Gasteiger partial charge in [0, 0.05) is 39.1 Å². The van der Waals surface area contributed by atoms with Gasteiger partial charge < -0.3 is 10.6 Å². The molecule has 2 heterocycles. The zero-order chi connectivity index (χ0) is 10.7. The van der Waals surface area contributed by atoms with Crippen LogP contribution in [0.15, 0.2) is 0 Å². The minimum Gasteiger partial charge on any atom is -0.355 e. The molecule has 15 heavy (non-hydrogen) atoms. The summed E-state index contributed by atoms with van der Waals surface area (Å²) in [5.41, 5.74) is 0. The van der Waals surface area contributed by atoms with Crippen LogP contribution in [0, 0.1) is 5.92 Å². The molecule has 0 aromatic rings. The summed E-state index contributed by atoms with van der Waals surface area (Å²) in [4.78, 5) is 13.2. The molecule has 4 nitrogen and oxygen atoms in total. The Morgan fingerprint density at radius 2 is 2.40 bits per heavy atom. The van der Waals surface area contributed by atoms with Gasteiger partial charge in [0.05, 0.1) is 0 Å². The van der Waals surface area contributed by atoms with E-state index in [1.807, 2.05) is 0 Å². The smallest absolute Gasteiger partial charge is 0.216 e. The van der Waals surface area contributed by atoms with Gasteiger partial charge in [-0.1, -0.05) is 0 Å². The van der Waals surface area contributed by atoms with Crippen molar-refractivity contribution in [2.45, 2.75) is 25.8 Å². The van der Waals surface area contributed by atoms with Gasteiger partial charge in [0.15, 0.2) is 0 Å². The van der Waals surface area contributed by atoms with Gasteiger partial charge in [-0.25, -0.2) is 0 Å². The number of carbonyl (C=O) groups is 1. The number of hydrogen-bond donors (Lipinski definition) is 2. The average Bonchev–Trinajstić information content (AvgIpc) is 2.59. The highest BCUT2D eigenvalue weighted by atomic mass is 16.1. The molecule has 2 saturated heterocycles. The maximum absolute atomic E-state index is 10.7. The summed E-state index contributed by atoms with van der Waals surface area (Å²) in [6, 6.07) is 0.705. The second-order valence-corrected chi connectivity index (χ2v) is 4.71. The molecule has 2 rings (SSSR count). The third kappa shape index (κ3) is 2.92. The van der Waals surface area contributed by atoms with Gasteiger partial charge in [0.25, 0.3) is 0 Å². The van der Waals surface area contributed by atoms with Crippen LogP contribution in [0.2, 0.25) is 0 Å². The first-order valence-corrected chi connectivity index (χ1v) is 5.96. The molecule has 0 unspecified atom stereocenters. The summed E-state index contributed by atoms with van der Waals surface area (Å²) in [5.74, 6) is 0.917. The Labute approximate surface area is 91.4 Å². The van der Waals surface area contributed by atoms with Gasteiger partial charge in [0.2, 0.25) is 5.91 Å². The predicted molar refractivity (Wildman–Crippen MR) is 59.6 cm³/mol. The van der Waals surface area contributed by atoms with E-state index in [2.05, 4.69) is 15.5 Å². The van der Waals surface area contributed by atoms with Crippen LogP contribution in [-0.4, -0.2) is 49.6 Å². The monoisotopic (exact) mass is 211 g/mol. The number of nitrogens with one attached hydrogen (secondary N) is 2. The van der Waals surface area contributed by atoms with E-state index in [0.29, 0.717) is 6.04 Å². The summed E-state index contributed by atoms with van der Waals surface area (Å²) >= 11 is 0. The molecule has 0 aliphatic carbocycles. The van der Waals surface area contributed by atoms with Crippen molar-refractivity contribution in [2.24, 2.45) is 5.92 Å². The second-order valence-electron chi connectivity index (χ2n) is 4.71. The summed E-state index contributed by atoms with van der Waals surface area (Å²) in [6.07, 6.45) is 2.69. The number of nitrogens with zero attached hydrogens (tertiary/aromatic N) is 1. The Kier molecular flexibility index (Phi) is 3.59. The summed E-state index contributed by atoms with van der Waals surface area (Å²) in [6.45, 7) is 6.90. The topological polar surface area (TPSA) is 44.4 Å². The highest BCUT2D eigenvalue weighted by molar-refractivity contribution is 5.72. The SMILES string of the molecule is CC(=O)NCCN1C[C@@H]2CCCN[C@@H]2C1. The first-order valence-electron chi connectivity index (χ1n) is 5.96. The van der Waals surface area contributed by atoms with Crippen molar-refractivity contribution in [3.63, 3.8) is 0 Å². The van der Waals surface area contributed by atoms with Crippen molar-refractivity contribution in [2.75, 3.05) is 32.7 Å². The number of rotatable bonds is 3. The molecule has 2 aliphatic heterocycles. The van der Waals surface area contributed by atoms with E-state index in [-0.39, 0.29) is 5.91 Å². The Bertz CT molecular complexity index is 218. The number of hydrogen-bond acceptors (Lipinski definition) is 3. The first-order chi connectivity index (χ1) is 7.25. The lowest BCUT2D eigenvalue weighted by atomic mass is 9.94. The van der Waals surface area contributed by atoms with E-state index in [0.717, 1.165) is 25.6 Å². The third-order valence-corrected chi connectivity index (χ3v) is 3.48. The van der Waals surface area contributed by atoms with E-state index in [1.54, 1.807) is 6.92 Å². The van der Waals surface area contributed by atoms with Crippen molar-refractivity contribution in [3.05, 3.63) is 0 Å². The molecule has 4 heteroatoms. The van der Waals surface area contributed by atoms with Gasteiger partial charge >= 0.3 is 0 Å². The molecular formula is C11H21N3O. The second kappa shape index (κ2) is 4.94. The summed E-state index contributed by atoms with van der Waals surface area (Å²) < 4.78 is 0. The van der Waals surface area contributed by atoms with Crippen molar-refractivity contribution < 1.29 is 4.79 Å². The van der Waals surface area contributed by atoms with Gasteiger partial charge in [0.1, 0.15) is 0 Å². The molecule has 86 valence electrons. The number of carbonyl (C=O) groups excluding carboxylic acids is 1. The molecule has 2 atom stereocenters. The molecular weight excluding hydrogens is 190 g/mol. The van der Waals surface area contributed by atoms with Gasteiger partial charge in [-0.05, 0) is 25.3 Å². The normalized spacial score (nSPS) is 31.3. The minimum atomic E-state index is 0.0738. The molecule has 0 aromatic heterocycles. The Morgan fingerprint density at radius 3 is 3.13 bits per heavy atom. The zero-order valence-electron chi connectivity index (χ0n) is 9.46. The fourth-order valence-electron chi connectivity index (χ4n) is 2.71. The molecule has 2 fully saturated rings. The molecule has 0 spiro atoms. The van der Waals surface area contributed by atoms with Crippen molar-refractivity contribution >= 4 is 5.91 Å². The Hall–Kier alpha value is -0.610. The number of fused-ring (bicyclic) bond motifs is 1. The standard InChI is InChI=1S/C11H21N3O/c1-9(15)12-5-6-14-7-10-3-2-4-13-11(10)8-14/h10-11,13H,2-8H2,1H3,(H,12,15)/t10-,11+/m0/s1. The highest BCUT2D eigenvalue weighted by Gasteiger charge is 2.33. The maximum Gasteiger partial charge on any atom is 0.216 e. The Balaban J connectivity index is 1.69.